The van der Waals surface area contributed by atoms with Gasteiger partial charge >= 0.3 is 0 Å². The summed E-state index contributed by atoms with van der Waals surface area (Å²) in [6.45, 7) is 1.86. The van der Waals surface area contributed by atoms with Crippen molar-refractivity contribution < 1.29 is 4.79 Å². The third-order valence-electron chi connectivity index (χ3n) is 2.72. The standard InChI is InChI=1S/C11H11N7OS/c1-7(10-12-3-4-13-10)15-11(19)9-8(2-5-20-9)18-6-14-16-17-18/h2-7H,1H3,(H,12,13)(H,15,19). The first-order valence-corrected chi connectivity index (χ1v) is 6.74. The fraction of sp³-hybridized carbons (Fsp3) is 0.182. The van der Waals surface area contributed by atoms with Crippen LogP contribution in [0.25, 0.3) is 5.69 Å². The summed E-state index contributed by atoms with van der Waals surface area (Å²) in [5, 5.41) is 15.6. The second kappa shape index (κ2) is 5.21. The monoisotopic (exact) mass is 289 g/mol. The molecular formula is C11H11N7OS. The van der Waals surface area contributed by atoms with Crippen LogP contribution in [-0.2, 0) is 0 Å². The number of H-pyrrole nitrogens is 1. The quantitative estimate of drug-likeness (QED) is 0.744. The van der Waals surface area contributed by atoms with Gasteiger partial charge in [0.15, 0.2) is 0 Å². The minimum absolute atomic E-state index is 0.186. The lowest BCUT2D eigenvalue weighted by atomic mass is 10.3. The van der Waals surface area contributed by atoms with Crippen molar-refractivity contribution >= 4 is 17.2 Å². The summed E-state index contributed by atoms with van der Waals surface area (Å²) in [7, 11) is 0. The van der Waals surface area contributed by atoms with Crippen molar-refractivity contribution in [2.45, 2.75) is 13.0 Å². The number of carbonyl (C=O) groups excluding carboxylic acids is 1. The van der Waals surface area contributed by atoms with E-state index in [0.29, 0.717) is 16.4 Å². The predicted octanol–water partition coefficient (Wildman–Crippen LogP) is 0.938. The maximum absolute atomic E-state index is 12.3. The summed E-state index contributed by atoms with van der Waals surface area (Å²) in [5.74, 6) is 0.522. The number of amides is 1. The molecule has 0 saturated heterocycles. The molecule has 2 N–H and O–H groups in total. The number of nitrogens with zero attached hydrogens (tertiary/aromatic N) is 5. The molecule has 20 heavy (non-hydrogen) atoms. The van der Waals surface area contributed by atoms with Crippen molar-refractivity contribution in [3.63, 3.8) is 0 Å². The molecule has 1 atom stereocenters. The van der Waals surface area contributed by atoms with Crippen LogP contribution in [0.15, 0.2) is 30.2 Å². The molecule has 1 amide bonds. The summed E-state index contributed by atoms with van der Waals surface area (Å²) in [4.78, 5) is 19.9. The summed E-state index contributed by atoms with van der Waals surface area (Å²) in [6, 6.07) is 1.59. The zero-order valence-corrected chi connectivity index (χ0v) is 11.3. The lowest BCUT2D eigenvalue weighted by Crippen LogP contribution is -2.27. The Hall–Kier alpha value is -2.55. The lowest BCUT2D eigenvalue weighted by Gasteiger charge is -2.11. The van der Waals surface area contributed by atoms with Gasteiger partial charge in [-0.3, -0.25) is 4.79 Å². The van der Waals surface area contributed by atoms with E-state index in [-0.39, 0.29) is 11.9 Å². The van der Waals surface area contributed by atoms with Gasteiger partial charge in [0, 0.05) is 12.4 Å². The van der Waals surface area contributed by atoms with E-state index in [9.17, 15) is 4.79 Å². The molecule has 0 fully saturated rings. The molecule has 3 heterocycles. The van der Waals surface area contributed by atoms with Crippen LogP contribution in [0.3, 0.4) is 0 Å². The van der Waals surface area contributed by atoms with Gasteiger partial charge < -0.3 is 10.3 Å². The lowest BCUT2D eigenvalue weighted by molar-refractivity contribution is 0.0942. The Morgan fingerprint density at radius 1 is 1.55 bits per heavy atom. The van der Waals surface area contributed by atoms with Gasteiger partial charge in [-0.25, -0.2) is 4.98 Å². The molecule has 0 aromatic carbocycles. The number of tetrazole rings is 1. The van der Waals surface area contributed by atoms with E-state index < -0.39 is 0 Å². The number of aromatic amines is 1. The highest BCUT2D eigenvalue weighted by Gasteiger charge is 2.18. The molecule has 8 nitrogen and oxygen atoms in total. The first-order chi connectivity index (χ1) is 9.75. The Balaban J connectivity index is 1.80. The maximum atomic E-state index is 12.3. The molecule has 9 heteroatoms. The van der Waals surface area contributed by atoms with Gasteiger partial charge in [-0.05, 0) is 28.8 Å². The van der Waals surface area contributed by atoms with Crippen molar-refractivity contribution in [2.75, 3.05) is 0 Å². The third-order valence-corrected chi connectivity index (χ3v) is 3.63. The van der Waals surface area contributed by atoms with Gasteiger partial charge in [-0.2, -0.15) is 4.68 Å². The molecule has 1 unspecified atom stereocenters. The van der Waals surface area contributed by atoms with Crippen LogP contribution in [-0.4, -0.2) is 36.1 Å². The number of thiophene rings is 1. The summed E-state index contributed by atoms with van der Waals surface area (Å²) < 4.78 is 1.46. The summed E-state index contributed by atoms with van der Waals surface area (Å²) in [6.07, 6.45) is 4.82. The van der Waals surface area contributed by atoms with E-state index in [2.05, 4.69) is 30.8 Å². The van der Waals surface area contributed by atoms with Crippen LogP contribution >= 0.6 is 11.3 Å². The first-order valence-electron chi connectivity index (χ1n) is 5.86. The molecule has 0 aliphatic heterocycles. The largest absolute Gasteiger partial charge is 0.347 e. The Kier molecular flexibility index (Phi) is 3.25. The van der Waals surface area contributed by atoms with Crippen molar-refractivity contribution in [3.8, 4) is 5.69 Å². The molecule has 0 spiro atoms. The Morgan fingerprint density at radius 3 is 3.15 bits per heavy atom. The predicted molar refractivity (Wildman–Crippen MR) is 71.5 cm³/mol. The minimum Gasteiger partial charge on any atom is -0.347 e. The van der Waals surface area contributed by atoms with Crippen LogP contribution in [0.4, 0.5) is 0 Å². The molecule has 0 saturated carbocycles. The fourth-order valence-electron chi connectivity index (χ4n) is 1.77. The highest BCUT2D eigenvalue weighted by molar-refractivity contribution is 7.12. The number of rotatable bonds is 4. The molecule has 0 bridgehead atoms. The number of aromatic nitrogens is 6. The SMILES string of the molecule is CC(NC(=O)c1sccc1-n1cnnn1)c1ncc[nH]1. The molecule has 102 valence electrons. The number of carbonyl (C=O) groups is 1. The van der Waals surface area contributed by atoms with Crippen LogP contribution in [0.1, 0.15) is 28.5 Å². The number of hydrogen-bond donors (Lipinski definition) is 2. The van der Waals surface area contributed by atoms with Gasteiger partial charge in [-0.15, -0.1) is 16.4 Å². The second-order valence-corrected chi connectivity index (χ2v) is 4.98. The van der Waals surface area contributed by atoms with E-state index >= 15 is 0 Å². The number of nitrogens with one attached hydrogen (secondary N) is 2. The van der Waals surface area contributed by atoms with Crippen molar-refractivity contribution in [3.05, 3.63) is 40.9 Å². The van der Waals surface area contributed by atoms with E-state index in [1.165, 1.54) is 22.3 Å². The molecule has 3 aromatic rings. The highest BCUT2D eigenvalue weighted by Crippen LogP contribution is 2.20. The number of hydrogen-bond acceptors (Lipinski definition) is 6. The van der Waals surface area contributed by atoms with E-state index in [4.69, 9.17) is 0 Å². The van der Waals surface area contributed by atoms with Gasteiger partial charge in [-0.1, -0.05) is 0 Å². The van der Waals surface area contributed by atoms with Gasteiger partial charge in [0.1, 0.15) is 17.0 Å². The topological polar surface area (TPSA) is 101 Å². The van der Waals surface area contributed by atoms with Gasteiger partial charge in [0.2, 0.25) is 0 Å². The molecule has 0 aliphatic rings. The Morgan fingerprint density at radius 2 is 2.45 bits per heavy atom. The van der Waals surface area contributed by atoms with Crippen LogP contribution in [0.2, 0.25) is 0 Å². The van der Waals surface area contributed by atoms with E-state index in [1.807, 2.05) is 12.3 Å². The average Bonchev–Trinajstić information content (AvgIpc) is 3.19. The normalized spacial score (nSPS) is 12.2. The molecule has 3 rings (SSSR count). The van der Waals surface area contributed by atoms with Gasteiger partial charge in [0.25, 0.3) is 5.91 Å². The zero-order chi connectivity index (χ0) is 13.9. The van der Waals surface area contributed by atoms with Crippen molar-refractivity contribution in [2.24, 2.45) is 0 Å². The molecule has 0 aliphatic carbocycles. The first kappa shape index (κ1) is 12.5. The third kappa shape index (κ3) is 2.30. The number of imidazole rings is 1. The van der Waals surface area contributed by atoms with Crippen LogP contribution in [0.5, 0.6) is 0 Å². The van der Waals surface area contributed by atoms with Crippen LogP contribution in [0, 0.1) is 0 Å². The summed E-state index contributed by atoms with van der Waals surface area (Å²) in [5.41, 5.74) is 0.657. The van der Waals surface area contributed by atoms with E-state index in [0.717, 1.165) is 0 Å². The molecular weight excluding hydrogens is 278 g/mol. The summed E-state index contributed by atoms with van der Waals surface area (Å²) >= 11 is 1.34. The smallest absolute Gasteiger partial charge is 0.264 e. The molecule has 0 radical (unpaired) electrons. The van der Waals surface area contributed by atoms with Crippen molar-refractivity contribution in [1.29, 1.82) is 0 Å². The minimum atomic E-state index is -0.207. The Labute approximate surface area is 117 Å². The fourth-order valence-corrected chi connectivity index (χ4v) is 2.55. The van der Waals surface area contributed by atoms with Crippen molar-refractivity contribution in [1.82, 2.24) is 35.5 Å². The van der Waals surface area contributed by atoms with E-state index in [1.54, 1.807) is 18.5 Å². The Bertz CT molecular complexity index is 688. The highest BCUT2D eigenvalue weighted by atomic mass is 32.1. The molecule has 3 aromatic heterocycles. The second-order valence-electron chi connectivity index (χ2n) is 4.06. The average molecular weight is 289 g/mol. The van der Waals surface area contributed by atoms with Crippen LogP contribution < -0.4 is 5.32 Å². The van der Waals surface area contributed by atoms with Gasteiger partial charge in [0.05, 0.1) is 11.7 Å². The zero-order valence-electron chi connectivity index (χ0n) is 10.5. The maximum Gasteiger partial charge on any atom is 0.264 e.